The first kappa shape index (κ1) is 13.0. The zero-order chi connectivity index (χ0) is 14.3. The highest BCUT2D eigenvalue weighted by Crippen LogP contribution is 2.34. The zero-order valence-electron chi connectivity index (χ0n) is 11.7. The van der Waals surface area contributed by atoms with Crippen LogP contribution in [0.2, 0.25) is 0 Å². The Bertz CT molecular complexity index is 688. The molecule has 1 aromatic carbocycles. The summed E-state index contributed by atoms with van der Waals surface area (Å²) in [5.41, 5.74) is 2.19. The summed E-state index contributed by atoms with van der Waals surface area (Å²) >= 11 is 0. The molecular formula is C15H17N3O2. The fourth-order valence-corrected chi connectivity index (χ4v) is 3.14. The molecule has 0 saturated heterocycles. The molecule has 1 atom stereocenters. The molecule has 0 bridgehead atoms. The van der Waals surface area contributed by atoms with E-state index in [1.54, 1.807) is 0 Å². The number of carbonyl (C=O) groups is 1. The molecule has 1 aliphatic rings. The molecule has 1 unspecified atom stereocenters. The van der Waals surface area contributed by atoms with Crippen molar-refractivity contribution < 1.29 is 4.79 Å². The lowest BCUT2D eigenvalue weighted by Crippen LogP contribution is -2.31. The van der Waals surface area contributed by atoms with E-state index >= 15 is 0 Å². The molecule has 0 fully saturated rings. The fourth-order valence-electron chi connectivity index (χ4n) is 3.14. The van der Waals surface area contributed by atoms with Crippen LogP contribution >= 0.6 is 0 Å². The molecule has 5 nitrogen and oxygen atoms in total. The van der Waals surface area contributed by atoms with E-state index in [0.717, 1.165) is 36.0 Å². The first-order valence-corrected chi connectivity index (χ1v) is 6.78. The summed E-state index contributed by atoms with van der Waals surface area (Å²) in [6.07, 6.45) is 1.50. The normalized spacial score (nSPS) is 18.6. The summed E-state index contributed by atoms with van der Waals surface area (Å²) in [4.78, 5) is 25.9. The Labute approximate surface area is 117 Å². The predicted octanol–water partition coefficient (Wildman–Crippen LogP) is 2.48. The lowest BCUT2D eigenvalue weighted by molar-refractivity contribution is 0.0878. The van der Waals surface area contributed by atoms with Crippen LogP contribution in [0.3, 0.4) is 0 Å². The lowest BCUT2D eigenvalue weighted by Gasteiger charge is -2.24. The molecule has 104 valence electrons. The molecule has 1 heterocycles. The Kier molecular flexibility index (Phi) is 3.14. The van der Waals surface area contributed by atoms with Crippen LogP contribution in [0.5, 0.6) is 0 Å². The summed E-state index contributed by atoms with van der Waals surface area (Å²) < 4.78 is 1.38. The first-order chi connectivity index (χ1) is 9.63. The third-order valence-electron chi connectivity index (χ3n) is 3.96. The maximum Gasteiger partial charge on any atom is 0.169 e. The van der Waals surface area contributed by atoms with Gasteiger partial charge in [0.2, 0.25) is 0 Å². The van der Waals surface area contributed by atoms with Gasteiger partial charge in [0.15, 0.2) is 5.78 Å². The van der Waals surface area contributed by atoms with Crippen molar-refractivity contribution in [2.45, 2.75) is 12.8 Å². The van der Waals surface area contributed by atoms with E-state index in [4.69, 9.17) is 0 Å². The molecule has 1 aromatic heterocycles. The number of aromatic nitrogens is 1. The number of carbonyl (C=O) groups excluding carboxylic acids is 1. The van der Waals surface area contributed by atoms with Crippen LogP contribution in [-0.4, -0.2) is 36.0 Å². The van der Waals surface area contributed by atoms with Crippen LogP contribution in [0.1, 0.15) is 22.5 Å². The van der Waals surface area contributed by atoms with Gasteiger partial charge in [-0.1, -0.05) is 18.2 Å². The van der Waals surface area contributed by atoms with Gasteiger partial charge in [0.25, 0.3) is 0 Å². The van der Waals surface area contributed by atoms with Crippen molar-refractivity contribution in [2.75, 3.05) is 20.6 Å². The standard InChI is InChI=1S/C15H17N3O2/c1-17(2)9-10-7-8-13-14(15(10)19)11-5-3-4-6-12(11)18(13)16-20/h3-6,10H,7-9H2,1-2H3. The van der Waals surface area contributed by atoms with Gasteiger partial charge >= 0.3 is 0 Å². The Morgan fingerprint density at radius 3 is 2.80 bits per heavy atom. The minimum absolute atomic E-state index is 0.00316. The van der Waals surface area contributed by atoms with Gasteiger partial charge < -0.3 is 4.90 Å². The molecule has 0 amide bonds. The van der Waals surface area contributed by atoms with Crippen molar-refractivity contribution in [3.05, 3.63) is 40.4 Å². The van der Waals surface area contributed by atoms with E-state index in [0.29, 0.717) is 5.56 Å². The SMILES string of the molecule is CN(C)CC1CCc2c(c3ccccc3n2N=O)C1=O. The molecule has 0 radical (unpaired) electrons. The largest absolute Gasteiger partial charge is 0.309 e. The predicted molar refractivity (Wildman–Crippen MR) is 77.8 cm³/mol. The fraction of sp³-hybridized carbons (Fsp3) is 0.400. The van der Waals surface area contributed by atoms with Gasteiger partial charge in [-0.3, -0.25) is 4.79 Å². The number of hydrogen-bond donors (Lipinski definition) is 0. The highest BCUT2D eigenvalue weighted by molar-refractivity contribution is 6.11. The van der Waals surface area contributed by atoms with Crippen LogP contribution in [0, 0.1) is 10.8 Å². The molecule has 1 aliphatic carbocycles. The van der Waals surface area contributed by atoms with Gasteiger partial charge in [-0.2, -0.15) is 0 Å². The van der Waals surface area contributed by atoms with Gasteiger partial charge in [0.05, 0.1) is 16.5 Å². The summed E-state index contributed by atoms with van der Waals surface area (Å²) in [5.74, 6) is 0.141. The molecule has 0 saturated carbocycles. The molecule has 2 aromatic rings. The second-order valence-electron chi connectivity index (χ2n) is 5.59. The lowest BCUT2D eigenvalue weighted by atomic mass is 9.85. The van der Waals surface area contributed by atoms with Crippen molar-refractivity contribution in [1.82, 2.24) is 9.58 Å². The monoisotopic (exact) mass is 271 g/mol. The van der Waals surface area contributed by atoms with E-state index in [9.17, 15) is 9.70 Å². The van der Waals surface area contributed by atoms with Crippen LogP contribution in [0.4, 0.5) is 0 Å². The molecule has 20 heavy (non-hydrogen) atoms. The number of benzene rings is 1. The highest BCUT2D eigenvalue weighted by Gasteiger charge is 2.33. The van der Waals surface area contributed by atoms with Gasteiger partial charge in [-0.15, -0.1) is 4.91 Å². The summed E-state index contributed by atoms with van der Waals surface area (Å²) in [6.45, 7) is 0.742. The Morgan fingerprint density at radius 1 is 1.35 bits per heavy atom. The number of hydrogen-bond acceptors (Lipinski definition) is 4. The summed E-state index contributed by atoms with van der Waals surface area (Å²) in [5, 5.41) is 3.94. The molecule has 0 N–H and O–H groups in total. The molecule has 5 heteroatoms. The van der Waals surface area contributed by atoms with Crippen molar-refractivity contribution in [3.63, 3.8) is 0 Å². The first-order valence-electron chi connectivity index (χ1n) is 6.78. The van der Waals surface area contributed by atoms with E-state index in [1.165, 1.54) is 4.68 Å². The van der Waals surface area contributed by atoms with Gasteiger partial charge in [0, 0.05) is 23.4 Å². The van der Waals surface area contributed by atoms with E-state index in [2.05, 4.69) is 5.29 Å². The number of nitrogens with zero attached hydrogens (tertiary/aromatic N) is 3. The van der Waals surface area contributed by atoms with Crippen LogP contribution in [-0.2, 0) is 6.42 Å². The molecule has 0 aliphatic heterocycles. The third kappa shape index (κ3) is 1.86. The topological polar surface area (TPSA) is 54.7 Å². The van der Waals surface area contributed by atoms with Crippen molar-refractivity contribution >= 4 is 16.7 Å². The second kappa shape index (κ2) is 4.83. The quantitative estimate of drug-likeness (QED) is 0.806. The number of fused-ring (bicyclic) bond motifs is 3. The molecular weight excluding hydrogens is 254 g/mol. The Balaban J connectivity index is 2.17. The smallest absolute Gasteiger partial charge is 0.169 e. The van der Waals surface area contributed by atoms with Crippen molar-refractivity contribution in [1.29, 1.82) is 0 Å². The maximum absolute atomic E-state index is 12.7. The Morgan fingerprint density at radius 2 is 2.10 bits per heavy atom. The third-order valence-corrected chi connectivity index (χ3v) is 3.96. The maximum atomic E-state index is 12.7. The number of para-hydroxylation sites is 1. The van der Waals surface area contributed by atoms with E-state index < -0.39 is 0 Å². The van der Waals surface area contributed by atoms with E-state index in [-0.39, 0.29) is 11.7 Å². The number of ketones is 1. The summed E-state index contributed by atoms with van der Waals surface area (Å²) in [7, 11) is 3.94. The minimum Gasteiger partial charge on any atom is -0.309 e. The van der Waals surface area contributed by atoms with Crippen LogP contribution in [0.15, 0.2) is 29.6 Å². The summed E-state index contributed by atoms with van der Waals surface area (Å²) in [6, 6.07) is 7.48. The second-order valence-corrected chi connectivity index (χ2v) is 5.59. The Hall–Kier alpha value is -2.01. The van der Waals surface area contributed by atoms with Gasteiger partial charge in [-0.25, -0.2) is 4.68 Å². The number of rotatable bonds is 3. The van der Waals surface area contributed by atoms with Crippen molar-refractivity contribution in [2.24, 2.45) is 11.2 Å². The minimum atomic E-state index is 0.00316. The molecule has 0 spiro atoms. The number of nitroso groups, excluding NO2 is 1. The van der Waals surface area contributed by atoms with Crippen molar-refractivity contribution in [3.8, 4) is 0 Å². The zero-order valence-corrected chi connectivity index (χ0v) is 11.7. The number of Topliss-reactive ketones (excluding diaryl/α,β-unsaturated/α-hetero) is 1. The van der Waals surface area contributed by atoms with Gasteiger partial charge in [0.1, 0.15) is 0 Å². The average molecular weight is 271 g/mol. The highest BCUT2D eigenvalue weighted by atomic mass is 16.3. The van der Waals surface area contributed by atoms with E-state index in [1.807, 2.05) is 43.3 Å². The van der Waals surface area contributed by atoms with Crippen LogP contribution < -0.4 is 0 Å². The van der Waals surface area contributed by atoms with Gasteiger partial charge in [-0.05, 0) is 33.0 Å². The van der Waals surface area contributed by atoms with Crippen LogP contribution in [0.25, 0.3) is 10.9 Å². The molecule has 3 rings (SSSR count). The average Bonchev–Trinajstić information content (AvgIpc) is 2.75.